The Kier molecular flexibility index (Phi) is 3.76. The van der Waals surface area contributed by atoms with Crippen molar-refractivity contribution in [1.82, 2.24) is 5.32 Å². The molecule has 0 aliphatic carbocycles. The van der Waals surface area contributed by atoms with E-state index in [9.17, 15) is 0 Å². The average molecular weight is 265 g/mol. The molecule has 98 valence electrons. The van der Waals surface area contributed by atoms with E-state index < -0.39 is 0 Å². The maximum atomic E-state index is 6.49. The molecular formula is C15H21ClN2. The van der Waals surface area contributed by atoms with Gasteiger partial charge in [-0.3, -0.25) is 0 Å². The van der Waals surface area contributed by atoms with Crippen LogP contribution in [0.4, 0.5) is 5.69 Å². The summed E-state index contributed by atoms with van der Waals surface area (Å²) in [7, 11) is 0. The third-order valence-corrected chi connectivity index (χ3v) is 4.52. The Bertz CT molecular complexity index is 407. The van der Waals surface area contributed by atoms with Crippen LogP contribution in [0.15, 0.2) is 18.2 Å². The van der Waals surface area contributed by atoms with Crippen molar-refractivity contribution in [3.05, 3.63) is 28.8 Å². The van der Waals surface area contributed by atoms with Crippen LogP contribution in [0.3, 0.4) is 0 Å². The smallest absolute Gasteiger partial charge is 0.0461 e. The van der Waals surface area contributed by atoms with Gasteiger partial charge in [-0.05, 0) is 55.8 Å². The van der Waals surface area contributed by atoms with Gasteiger partial charge in [-0.25, -0.2) is 0 Å². The Hall–Kier alpha value is -0.730. The van der Waals surface area contributed by atoms with Gasteiger partial charge in [-0.2, -0.15) is 0 Å². The van der Waals surface area contributed by atoms with Crippen molar-refractivity contribution in [2.45, 2.75) is 31.6 Å². The van der Waals surface area contributed by atoms with Crippen molar-refractivity contribution >= 4 is 17.3 Å². The van der Waals surface area contributed by atoms with Crippen LogP contribution in [0.5, 0.6) is 0 Å². The zero-order valence-electron chi connectivity index (χ0n) is 10.8. The van der Waals surface area contributed by atoms with E-state index >= 15 is 0 Å². The van der Waals surface area contributed by atoms with Gasteiger partial charge in [0.05, 0.1) is 0 Å². The number of nitrogens with one attached hydrogen (secondary N) is 1. The third kappa shape index (κ3) is 2.50. The Morgan fingerprint density at radius 2 is 2.00 bits per heavy atom. The van der Waals surface area contributed by atoms with Crippen LogP contribution in [-0.2, 0) is 0 Å². The molecule has 2 aliphatic rings. The van der Waals surface area contributed by atoms with Gasteiger partial charge in [0, 0.05) is 30.3 Å². The number of nitrogens with zero attached hydrogens (tertiary/aromatic N) is 1. The molecule has 0 spiro atoms. The molecule has 18 heavy (non-hydrogen) atoms. The van der Waals surface area contributed by atoms with Gasteiger partial charge in [0.25, 0.3) is 0 Å². The van der Waals surface area contributed by atoms with Crippen LogP contribution in [0.25, 0.3) is 0 Å². The molecule has 1 N–H and O–H groups in total. The summed E-state index contributed by atoms with van der Waals surface area (Å²) >= 11 is 6.49. The molecule has 2 aliphatic heterocycles. The van der Waals surface area contributed by atoms with E-state index in [1.807, 2.05) is 0 Å². The maximum Gasteiger partial charge on any atom is 0.0461 e. The third-order valence-electron chi connectivity index (χ3n) is 4.19. The zero-order chi connectivity index (χ0) is 12.4. The van der Waals surface area contributed by atoms with Crippen molar-refractivity contribution in [3.63, 3.8) is 0 Å². The molecule has 2 saturated heterocycles. The van der Waals surface area contributed by atoms with Gasteiger partial charge in [-0.1, -0.05) is 17.7 Å². The lowest BCUT2D eigenvalue weighted by molar-refractivity contribution is 0.462. The lowest BCUT2D eigenvalue weighted by atomic mass is 9.91. The molecule has 3 rings (SSSR count). The highest BCUT2D eigenvalue weighted by Crippen LogP contribution is 2.33. The van der Waals surface area contributed by atoms with Crippen LogP contribution in [-0.4, -0.2) is 26.2 Å². The van der Waals surface area contributed by atoms with E-state index in [-0.39, 0.29) is 0 Å². The molecule has 0 bridgehead atoms. The van der Waals surface area contributed by atoms with Crippen molar-refractivity contribution in [2.75, 3.05) is 31.1 Å². The Balaban J connectivity index is 1.79. The molecule has 1 aromatic carbocycles. The van der Waals surface area contributed by atoms with Gasteiger partial charge in [0.1, 0.15) is 0 Å². The first kappa shape index (κ1) is 12.3. The SMILES string of the molecule is Clc1cc(N2CCCC2)ccc1C1CCCNC1. The second-order valence-corrected chi connectivity index (χ2v) is 5.85. The summed E-state index contributed by atoms with van der Waals surface area (Å²) < 4.78 is 0. The minimum absolute atomic E-state index is 0.596. The van der Waals surface area contributed by atoms with Crippen LogP contribution >= 0.6 is 11.6 Å². The molecule has 2 nitrogen and oxygen atoms in total. The van der Waals surface area contributed by atoms with Crippen molar-refractivity contribution in [2.24, 2.45) is 0 Å². The molecule has 1 unspecified atom stereocenters. The second-order valence-electron chi connectivity index (χ2n) is 5.44. The quantitative estimate of drug-likeness (QED) is 0.881. The number of halogens is 1. The highest BCUT2D eigenvalue weighted by Gasteiger charge is 2.19. The first-order valence-electron chi connectivity index (χ1n) is 7.10. The number of rotatable bonds is 2. The molecule has 1 atom stereocenters. The molecule has 1 aromatic rings. The van der Waals surface area contributed by atoms with E-state index in [1.165, 1.54) is 50.0 Å². The number of piperidine rings is 1. The predicted molar refractivity (Wildman–Crippen MR) is 77.7 cm³/mol. The molecule has 0 aromatic heterocycles. The summed E-state index contributed by atoms with van der Waals surface area (Å²) in [5, 5.41) is 4.41. The van der Waals surface area contributed by atoms with Crippen LogP contribution < -0.4 is 10.2 Å². The Labute approximate surface area is 114 Å². The molecule has 2 heterocycles. The summed E-state index contributed by atoms with van der Waals surface area (Å²) in [5.74, 6) is 0.596. The molecule has 2 fully saturated rings. The van der Waals surface area contributed by atoms with Gasteiger partial charge >= 0.3 is 0 Å². The van der Waals surface area contributed by atoms with Crippen molar-refractivity contribution in [1.29, 1.82) is 0 Å². The molecule has 3 heteroatoms. The highest BCUT2D eigenvalue weighted by atomic mass is 35.5. The fourth-order valence-corrected chi connectivity index (χ4v) is 3.47. The average Bonchev–Trinajstić information content (AvgIpc) is 2.93. The van der Waals surface area contributed by atoms with Crippen LogP contribution in [0.1, 0.15) is 37.2 Å². The first-order valence-corrected chi connectivity index (χ1v) is 7.47. The van der Waals surface area contributed by atoms with Gasteiger partial charge in [0.15, 0.2) is 0 Å². The van der Waals surface area contributed by atoms with Gasteiger partial charge < -0.3 is 10.2 Å². The fraction of sp³-hybridized carbons (Fsp3) is 0.600. The zero-order valence-corrected chi connectivity index (χ0v) is 11.5. The number of benzene rings is 1. The number of hydrogen-bond acceptors (Lipinski definition) is 2. The monoisotopic (exact) mass is 264 g/mol. The standard InChI is InChI=1S/C15H21ClN2/c16-15-10-13(18-8-1-2-9-18)5-6-14(15)12-4-3-7-17-11-12/h5-6,10,12,17H,1-4,7-9,11H2. The molecule has 0 amide bonds. The summed E-state index contributed by atoms with van der Waals surface area (Å²) in [4.78, 5) is 2.44. The fourth-order valence-electron chi connectivity index (χ4n) is 3.14. The summed E-state index contributed by atoms with van der Waals surface area (Å²) in [6.45, 7) is 4.59. The van der Waals surface area contributed by atoms with Gasteiger partial charge in [-0.15, -0.1) is 0 Å². The van der Waals surface area contributed by atoms with E-state index in [0.717, 1.165) is 18.1 Å². The summed E-state index contributed by atoms with van der Waals surface area (Å²) in [6, 6.07) is 6.66. The lowest BCUT2D eigenvalue weighted by Crippen LogP contribution is -2.28. The van der Waals surface area contributed by atoms with Crippen LogP contribution in [0.2, 0.25) is 5.02 Å². The largest absolute Gasteiger partial charge is 0.371 e. The minimum Gasteiger partial charge on any atom is -0.371 e. The normalized spacial score (nSPS) is 24.5. The molecule has 0 radical (unpaired) electrons. The van der Waals surface area contributed by atoms with E-state index in [2.05, 4.69) is 28.4 Å². The summed E-state index contributed by atoms with van der Waals surface area (Å²) in [6.07, 6.45) is 5.14. The predicted octanol–water partition coefficient (Wildman–Crippen LogP) is 3.41. The number of hydrogen-bond donors (Lipinski definition) is 1. The highest BCUT2D eigenvalue weighted by molar-refractivity contribution is 6.31. The number of anilines is 1. The maximum absolute atomic E-state index is 6.49. The Morgan fingerprint density at radius 1 is 1.17 bits per heavy atom. The first-order chi connectivity index (χ1) is 8.84. The van der Waals surface area contributed by atoms with Crippen LogP contribution in [0, 0.1) is 0 Å². The Morgan fingerprint density at radius 3 is 2.67 bits per heavy atom. The topological polar surface area (TPSA) is 15.3 Å². The van der Waals surface area contributed by atoms with E-state index in [0.29, 0.717) is 5.92 Å². The van der Waals surface area contributed by atoms with E-state index in [1.54, 1.807) is 0 Å². The molecular weight excluding hydrogens is 244 g/mol. The van der Waals surface area contributed by atoms with Crippen molar-refractivity contribution in [3.8, 4) is 0 Å². The summed E-state index contributed by atoms with van der Waals surface area (Å²) in [5.41, 5.74) is 2.62. The second kappa shape index (κ2) is 5.50. The van der Waals surface area contributed by atoms with E-state index in [4.69, 9.17) is 11.6 Å². The minimum atomic E-state index is 0.596. The van der Waals surface area contributed by atoms with Gasteiger partial charge in [0.2, 0.25) is 0 Å². The lowest BCUT2D eigenvalue weighted by Gasteiger charge is -2.25. The van der Waals surface area contributed by atoms with Crippen molar-refractivity contribution < 1.29 is 0 Å². The molecule has 0 saturated carbocycles.